The van der Waals surface area contributed by atoms with Crippen molar-refractivity contribution in [3.05, 3.63) is 0 Å². The summed E-state index contributed by atoms with van der Waals surface area (Å²) in [4.78, 5) is 22.3. The SMILES string of the molecule is CC(C)C[C@H](CN)CC(=O)O.CC12CCC(C(S(=O)(=O)O)C1=O)C2(C)C. The van der Waals surface area contributed by atoms with Crippen LogP contribution < -0.4 is 5.73 Å². The molecule has 4 N–H and O–H groups in total. The summed E-state index contributed by atoms with van der Waals surface area (Å²) in [5.74, 6) is -0.604. The first-order valence-corrected chi connectivity index (χ1v) is 10.6. The van der Waals surface area contributed by atoms with Gasteiger partial charge in [0.2, 0.25) is 0 Å². The molecule has 2 rings (SSSR count). The van der Waals surface area contributed by atoms with Gasteiger partial charge in [0.25, 0.3) is 10.1 Å². The van der Waals surface area contributed by atoms with Crippen molar-refractivity contribution in [2.75, 3.05) is 6.54 Å². The van der Waals surface area contributed by atoms with Crippen molar-refractivity contribution < 1.29 is 27.7 Å². The lowest BCUT2D eigenvalue weighted by Gasteiger charge is -2.32. The van der Waals surface area contributed by atoms with Gasteiger partial charge in [-0.1, -0.05) is 34.6 Å². The topological polar surface area (TPSA) is 135 Å². The number of nitrogens with two attached hydrogens (primary N) is 1. The lowest BCUT2D eigenvalue weighted by atomic mass is 9.70. The van der Waals surface area contributed by atoms with Gasteiger partial charge < -0.3 is 10.8 Å². The molecule has 0 saturated heterocycles. The fraction of sp³-hybridized carbons (Fsp3) is 0.889. The van der Waals surface area contributed by atoms with Crippen molar-refractivity contribution in [3.63, 3.8) is 0 Å². The van der Waals surface area contributed by atoms with Gasteiger partial charge in [0.05, 0.1) is 0 Å². The van der Waals surface area contributed by atoms with Crippen LogP contribution in [0, 0.1) is 28.6 Å². The zero-order valence-electron chi connectivity index (χ0n) is 16.4. The van der Waals surface area contributed by atoms with Gasteiger partial charge in [0.15, 0.2) is 5.78 Å². The Morgan fingerprint density at radius 3 is 2.12 bits per heavy atom. The van der Waals surface area contributed by atoms with Gasteiger partial charge in [-0.2, -0.15) is 8.42 Å². The molecular weight excluding hydrogens is 358 g/mol. The highest BCUT2D eigenvalue weighted by Gasteiger charge is 2.69. The average Bonchev–Trinajstić information content (AvgIpc) is 2.77. The molecule has 0 heterocycles. The van der Waals surface area contributed by atoms with Gasteiger partial charge in [0.1, 0.15) is 5.25 Å². The summed E-state index contributed by atoms with van der Waals surface area (Å²) in [6.07, 6.45) is 2.55. The number of carboxylic acid groups (broad SMARTS) is 1. The second kappa shape index (κ2) is 7.94. The molecule has 0 aromatic heterocycles. The predicted molar refractivity (Wildman–Crippen MR) is 99.2 cm³/mol. The van der Waals surface area contributed by atoms with Crippen molar-refractivity contribution >= 4 is 21.9 Å². The van der Waals surface area contributed by atoms with Gasteiger partial charge in [-0.15, -0.1) is 0 Å². The van der Waals surface area contributed by atoms with E-state index in [1.54, 1.807) is 0 Å². The Morgan fingerprint density at radius 1 is 1.31 bits per heavy atom. The Bertz CT molecular complexity index is 642. The van der Waals surface area contributed by atoms with Crippen LogP contribution in [0.2, 0.25) is 0 Å². The van der Waals surface area contributed by atoms with Crippen LogP contribution in [0.5, 0.6) is 0 Å². The van der Waals surface area contributed by atoms with Crippen LogP contribution in [0.25, 0.3) is 0 Å². The minimum Gasteiger partial charge on any atom is -0.481 e. The standard InChI is InChI=1S/C10H16O4S.C8H17NO2/c1-9(2)6-4-5-10(9,3)8(11)7(6)15(12,13)14;1-6(2)3-7(5-9)4-8(10)11/h6-7H,4-5H2,1-3H3,(H,12,13,14);6-7H,3-5,9H2,1-2H3,(H,10,11)/t;7-/m.0/s1. The van der Waals surface area contributed by atoms with Gasteiger partial charge in [-0.05, 0) is 49.0 Å². The number of carboxylic acids is 1. The Kier molecular flexibility index (Phi) is 7.04. The maximum Gasteiger partial charge on any atom is 0.303 e. The van der Waals surface area contributed by atoms with Crippen LogP contribution >= 0.6 is 0 Å². The highest BCUT2D eigenvalue weighted by atomic mass is 32.2. The van der Waals surface area contributed by atoms with Crippen LogP contribution in [0.4, 0.5) is 0 Å². The van der Waals surface area contributed by atoms with Crippen LogP contribution in [-0.2, 0) is 19.7 Å². The number of rotatable bonds is 6. The molecule has 0 amide bonds. The number of carbonyl (C=O) groups is 2. The van der Waals surface area contributed by atoms with E-state index in [9.17, 15) is 18.0 Å². The molecule has 2 fully saturated rings. The molecular formula is C18H33NO6S. The summed E-state index contributed by atoms with van der Waals surface area (Å²) in [6.45, 7) is 10.3. The van der Waals surface area contributed by atoms with Crippen molar-refractivity contribution in [1.82, 2.24) is 0 Å². The third-order valence-corrected chi connectivity index (χ3v) is 7.58. The molecule has 26 heavy (non-hydrogen) atoms. The van der Waals surface area contributed by atoms with Crippen molar-refractivity contribution in [2.45, 2.75) is 65.6 Å². The maximum atomic E-state index is 12.0. The monoisotopic (exact) mass is 391 g/mol. The zero-order chi connectivity index (χ0) is 20.5. The maximum absolute atomic E-state index is 12.0. The number of fused-ring (bicyclic) bond motifs is 2. The summed E-state index contributed by atoms with van der Waals surface area (Å²) >= 11 is 0. The first-order valence-electron chi connectivity index (χ1n) is 9.11. The average molecular weight is 392 g/mol. The molecule has 152 valence electrons. The van der Waals surface area contributed by atoms with E-state index < -0.39 is 26.8 Å². The second-order valence-electron chi connectivity index (χ2n) is 8.83. The van der Waals surface area contributed by atoms with E-state index in [1.165, 1.54) is 0 Å². The van der Waals surface area contributed by atoms with Gasteiger partial charge in [0, 0.05) is 11.8 Å². The van der Waals surface area contributed by atoms with E-state index in [1.807, 2.05) is 20.8 Å². The summed E-state index contributed by atoms with van der Waals surface area (Å²) in [7, 11) is -4.24. The number of Topliss-reactive ketones (excluding diaryl/α,β-unsaturated/α-hetero) is 1. The largest absolute Gasteiger partial charge is 0.481 e. The number of hydrogen-bond donors (Lipinski definition) is 3. The lowest BCUT2D eigenvalue weighted by molar-refractivity contribution is -0.138. The Balaban J connectivity index is 0.000000276. The van der Waals surface area contributed by atoms with Crippen molar-refractivity contribution in [1.29, 1.82) is 0 Å². The molecule has 3 unspecified atom stereocenters. The van der Waals surface area contributed by atoms with Crippen LogP contribution in [0.3, 0.4) is 0 Å². The molecule has 0 radical (unpaired) electrons. The molecule has 0 spiro atoms. The minimum absolute atomic E-state index is 0.146. The third-order valence-electron chi connectivity index (χ3n) is 6.39. The molecule has 0 aromatic rings. The number of aliphatic carboxylic acids is 1. The van der Waals surface area contributed by atoms with E-state index in [-0.39, 0.29) is 29.5 Å². The molecule has 0 aromatic carbocycles. The summed E-state index contributed by atoms with van der Waals surface area (Å²) < 4.78 is 31.5. The predicted octanol–water partition coefficient (Wildman–Crippen LogP) is 2.35. The van der Waals surface area contributed by atoms with Crippen LogP contribution in [0.1, 0.15) is 60.3 Å². The van der Waals surface area contributed by atoms with E-state index in [4.69, 9.17) is 15.4 Å². The highest BCUT2D eigenvalue weighted by molar-refractivity contribution is 7.87. The summed E-state index contributed by atoms with van der Waals surface area (Å²) in [5.41, 5.74) is 4.49. The molecule has 8 heteroatoms. The Morgan fingerprint density at radius 2 is 1.85 bits per heavy atom. The van der Waals surface area contributed by atoms with Crippen LogP contribution in [-0.4, -0.2) is 41.6 Å². The molecule has 0 aliphatic heterocycles. The summed E-state index contributed by atoms with van der Waals surface area (Å²) in [5, 5.41) is 7.28. The normalized spacial score (nSPS) is 30.8. The Hall–Kier alpha value is -0.990. The molecule has 2 saturated carbocycles. The lowest BCUT2D eigenvalue weighted by Crippen LogP contribution is -2.38. The fourth-order valence-electron chi connectivity index (χ4n) is 4.52. The number of carbonyl (C=O) groups excluding carboxylic acids is 1. The zero-order valence-corrected chi connectivity index (χ0v) is 17.2. The van der Waals surface area contributed by atoms with Crippen LogP contribution in [0.15, 0.2) is 0 Å². The Labute approximate surface area is 156 Å². The fourth-order valence-corrected chi connectivity index (χ4v) is 5.95. The first-order chi connectivity index (χ1) is 11.7. The van der Waals surface area contributed by atoms with Crippen molar-refractivity contribution in [3.8, 4) is 0 Å². The van der Waals surface area contributed by atoms with Gasteiger partial charge in [-0.25, -0.2) is 0 Å². The van der Waals surface area contributed by atoms with Gasteiger partial charge >= 0.3 is 5.97 Å². The second-order valence-corrected chi connectivity index (χ2v) is 10.4. The first kappa shape index (κ1) is 23.0. The molecule has 4 atom stereocenters. The van der Waals surface area contributed by atoms with Gasteiger partial charge in [-0.3, -0.25) is 14.1 Å². The third kappa shape index (κ3) is 4.46. The minimum atomic E-state index is -4.24. The number of ketones is 1. The molecule has 7 nitrogen and oxygen atoms in total. The molecule has 2 aliphatic carbocycles. The highest BCUT2D eigenvalue weighted by Crippen LogP contribution is 2.64. The molecule has 2 bridgehead atoms. The number of hydrogen-bond acceptors (Lipinski definition) is 5. The smallest absolute Gasteiger partial charge is 0.303 e. The van der Waals surface area contributed by atoms with Crippen molar-refractivity contribution in [2.24, 2.45) is 34.3 Å². The van der Waals surface area contributed by atoms with E-state index in [0.717, 1.165) is 12.8 Å². The van der Waals surface area contributed by atoms with E-state index >= 15 is 0 Å². The van der Waals surface area contributed by atoms with E-state index in [0.29, 0.717) is 18.9 Å². The molecule has 2 aliphatic rings. The van der Waals surface area contributed by atoms with E-state index in [2.05, 4.69) is 13.8 Å². The quantitative estimate of drug-likeness (QED) is 0.591. The summed E-state index contributed by atoms with van der Waals surface area (Å²) in [6, 6.07) is 0.